The van der Waals surface area contributed by atoms with Crippen molar-refractivity contribution >= 4 is 17.8 Å². The number of carbonyl (C=O) groups is 1. The maximum absolute atomic E-state index is 11.5. The topological polar surface area (TPSA) is 82.6 Å². The standard InChI is InChI=1S/C14H27N3O3S/c1-14-9-21-11(12(14)16-13(19)17-14)5-3-2-4-8-20-10-15-6-7-18/h11-12,15,18H,2-10H2,1H3,(H2,16,17,19). The van der Waals surface area contributed by atoms with Crippen molar-refractivity contribution in [3.05, 3.63) is 0 Å². The van der Waals surface area contributed by atoms with E-state index < -0.39 is 0 Å². The number of rotatable bonds is 10. The van der Waals surface area contributed by atoms with Gasteiger partial charge in [-0.1, -0.05) is 12.8 Å². The predicted molar refractivity (Wildman–Crippen MR) is 84.5 cm³/mol. The molecule has 0 aromatic heterocycles. The summed E-state index contributed by atoms with van der Waals surface area (Å²) in [7, 11) is 0. The average Bonchev–Trinajstić information content (AvgIpc) is 2.90. The van der Waals surface area contributed by atoms with Crippen molar-refractivity contribution in [1.82, 2.24) is 16.0 Å². The Morgan fingerprint density at radius 1 is 1.48 bits per heavy atom. The van der Waals surface area contributed by atoms with E-state index in [0.29, 0.717) is 18.5 Å². The molecule has 0 saturated carbocycles. The zero-order valence-electron chi connectivity index (χ0n) is 12.7. The van der Waals surface area contributed by atoms with E-state index in [4.69, 9.17) is 9.84 Å². The minimum absolute atomic E-state index is 0.0171. The van der Waals surface area contributed by atoms with Gasteiger partial charge in [0.2, 0.25) is 0 Å². The molecule has 7 heteroatoms. The summed E-state index contributed by atoms with van der Waals surface area (Å²) in [6.07, 6.45) is 4.54. The van der Waals surface area contributed by atoms with E-state index in [1.807, 2.05) is 11.8 Å². The average molecular weight is 317 g/mol. The molecule has 122 valence electrons. The van der Waals surface area contributed by atoms with Gasteiger partial charge in [-0.3, -0.25) is 5.32 Å². The third kappa shape index (κ3) is 4.74. The van der Waals surface area contributed by atoms with E-state index in [0.717, 1.165) is 31.6 Å². The number of amides is 2. The molecule has 6 nitrogen and oxygen atoms in total. The van der Waals surface area contributed by atoms with Gasteiger partial charge < -0.3 is 20.5 Å². The summed E-state index contributed by atoms with van der Waals surface area (Å²) >= 11 is 1.97. The van der Waals surface area contributed by atoms with Crippen LogP contribution in [0, 0.1) is 0 Å². The van der Waals surface area contributed by atoms with E-state index >= 15 is 0 Å². The van der Waals surface area contributed by atoms with Crippen LogP contribution in [-0.2, 0) is 4.74 Å². The minimum Gasteiger partial charge on any atom is -0.395 e. The Balaban J connectivity index is 1.51. The van der Waals surface area contributed by atoms with Crippen LogP contribution >= 0.6 is 11.8 Å². The molecule has 0 spiro atoms. The maximum atomic E-state index is 11.5. The molecule has 2 aliphatic heterocycles. The fourth-order valence-corrected chi connectivity index (χ4v) is 4.66. The maximum Gasteiger partial charge on any atom is 0.315 e. The highest BCUT2D eigenvalue weighted by Gasteiger charge is 2.51. The number of aliphatic hydroxyl groups excluding tert-OH is 1. The molecule has 2 heterocycles. The molecule has 21 heavy (non-hydrogen) atoms. The monoisotopic (exact) mass is 317 g/mol. The SMILES string of the molecule is CC12CSC(CCCCCOCNCCO)C1NC(=O)N2. The first kappa shape index (κ1) is 16.9. The first-order chi connectivity index (χ1) is 10.2. The zero-order valence-corrected chi connectivity index (χ0v) is 13.5. The Morgan fingerprint density at radius 3 is 3.14 bits per heavy atom. The Hall–Kier alpha value is -0.500. The number of hydrogen-bond donors (Lipinski definition) is 4. The van der Waals surface area contributed by atoms with Crippen molar-refractivity contribution in [3.63, 3.8) is 0 Å². The molecule has 2 fully saturated rings. The van der Waals surface area contributed by atoms with Gasteiger partial charge in [0.05, 0.1) is 24.9 Å². The lowest BCUT2D eigenvalue weighted by atomic mass is 9.92. The van der Waals surface area contributed by atoms with Crippen molar-refractivity contribution in [2.45, 2.75) is 49.4 Å². The van der Waals surface area contributed by atoms with Crippen LogP contribution in [0.3, 0.4) is 0 Å². The quantitative estimate of drug-likeness (QED) is 0.270. The molecular weight excluding hydrogens is 290 g/mol. The molecule has 0 bridgehead atoms. The second kappa shape index (κ2) is 8.22. The van der Waals surface area contributed by atoms with Crippen LogP contribution in [0.5, 0.6) is 0 Å². The molecule has 2 aliphatic rings. The summed E-state index contributed by atoms with van der Waals surface area (Å²) in [6, 6.07) is 0.255. The molecule has 3 atom stereocenters. The van der Waals surface area contributed by atoms with Gasteiger partial charge in [-0.2, -0.15) is 11.8 Å². The second-order valence-corrected chi connectivity index (χ2v) is 7.20. The number of nitrogens with one attached hydrogen (secondary N) is 3. The molecule has 2 amide bonds. The van der Waals surface area contributed by atoms with Crippen LogP contribution in [0.25, 0.3) is 0 Å². The number of urea groups is 1. The summed E-state index contributed by atoms with van der Waals surface area (Å²) in [5.41, 5.74) is -0.0616. The Labute approximate surface area is 130 Å². The van der Waals surface area contributed by atoms with Gasteiger partial charge in [0.25, 0.3) is 0 Å². The van der Waals surface area contributed by atoms with E-state index in [2.05, 4.69) is 22.9 Å². The van der Waals surface area contributed by atoms with Crippen LogP contribution in [0.4, 0.5) is 4.79 Å². The lowest BCUT2D eigenvalue weighted by Crippen LogP contribution is -2.47. The summed E-state index contributed by atoms with van der Waals surface area (Å²) < 4.78 is 5.41. The highest BCUT2D eigenvalue weighted by atomic mass is 32.2. The summed E-state index contributed by atoms with van der Waals surface area (Å²) in [5, 5.41) is 18.2. The van der Waals surface area contributed by atoms with E-state index in [9.17, 15) is 4.79 Å². The third-order valence-corrected chi connectivity index (χ3v) is 5.81. The van der Waals surface area contributed by atoms with Gasteiger partial charge >= 0.3 is 6.03 Å². The smallest absolute Gasteiger partial charge is 0.315 e. The number of ether oxygens (including phenoxy) is 1. The van der Waals surface area contributed by atoms with Crippen LogP contribution < -0.4 is 16.0 Å². The highest BCUT2D eigenvalue weighted by molar-refractivity contribution is 8.00. The number of unbranched alkanes of at least 4 members (excludes halogenated alkanes) is 2. The van der Waals surface area contributed by atoms with Gasteiger partial charge in [-0.15, -0.1) is 0 Å². The van der Waals surface area contributed by atoms with E-state index in [1.54, 1.807) is 0 Å². The minimum atomic E-state index is -0.0616. The molecule has 0 aliphatic carbocycles. The summed E-state index contributed by atoms with van der Waals surface area (Å²) in [4.78, 5) is 11.5. The first-order valence-electron chi connectivity index (χ1n) is 7.75. The predicted octanol–water partition coefficient (Wildman–Crippen LogP) is 0.658. The lowest BCUT2D eigenvalue weighted by molar-refractivity contribution is 0.108. The number of aliphatic hydroxyl groups is 1. The normalized spacial score (nSPS) is 31.0. The molecule has 4 N–H and O–H groups in total. The van der Waals surface area contributed by atoms with E-state index in [1.165, 1.54) is 6.42 Å². The van der Waals surface area contributed by atoms with Gasteiger partial charge in [-0.05, 0) is 19.8 Å². The fraction of sp³-hybridized carbons (Fsp3) is 0.929. The number of hydrogen-bond acceptors (Lipinski definition) is 5. The molecule has 0 aromatic carbocycles. The summed E-state index contributed by atoms with van der Waals surface area (Å²) in [5.74, 6) is 1.00. The van der Waals surface area contributed by atoms with Crippen LogP contribution in [0.2, 0.25) is 0 Å². The van der Waals surface area contributed by atoms with Crippen molar-refractivity contribution in [3.8, 4) is 0 Å². The summed E-state index contributed by atoms with van der Waals surface area (Å²) in [6.45, 7) is 4.13. The molecule has 3 unspecified atom stereocenters. The third-order valence-electron chi connectivity index (χ3n) is 4.11. The number of fused-ring (bicyclic) bond motifs is 1. The van der Waals surface area contributed by atoms with Gasteiger partial charge in [-0.25, -0.2) is 4.79 Å². The van der Waals surface area contributed by atoms with Crippen molar-refractivity contribution in [1.29, 1.82) is 0 Å². The molecular formula is C14H27N3O3S. The number of thioether (sulfide) groups is 1. The Morgan fingerprint density at radius 2 is 2.33 bits per heavy atom. The first-order valence-corrected chi connectivity index (χ1v) is 8.80. The van der Waals surface area contributed by atoms with Gasteiger partial charge in [0, 0.05) is 24.2 Å². The van der Waals surface area contributed by atoms with Gasteiger partial charge in [0.15, 0.2) is 0 Å². The molecule has 0 aromatic rings. The number of carbonyl (C=O) groups excluding carboxylic acids is 1. The Kier molecular flexibility index (Phi) is 6.60. The molecule has 2 rings (SSSR count). The lowest BCUT2D eigenvalue weighted by Gasteiger charge is -2.23. The van der Waals surface area contributed by atoms with Crippen molar-refractivity contribution < 1.29 is 14.6 Å². The zero-order chi connectivity index (χ0) is 15.1. The van der Waals surface area contributed by atoms with E-state index in [-0.39, 0.29) is 24.2 Å². The molecule has 0 radical (unpaired) electrons. The van der Waals surface area contributed by atoms with Crippen LogP contribution in [-0.4, -0.2) is 60.2 Å². The Bertz CT molecular complexity index is 345. The largest absolute Gasteiger partial charge is 0.395 e. The van der Waals surface area contributed by atoms with Crippen molar-refractivity contribution in [2.75, 3.05) is 32.2 Å². The van der Waals surface area contributed by atoms with Crippen LogP contribution in [0.15, 0.2) is 0 Å². The van der Waals surface area contributed by atoms with Crippen LogP contribution in [0.1, 0.15) is 32.6 Å². The van der Waals surface area contributed by atoms with Crippen molar-refractivity contribution in [2.24, 2.45) is 0 Å². The van der Waals surface area contributed by atoms with Gasteiger partial charge in [0.1, 0.15) is 0 Å². The fourth-order valence-electron chi connectivity index (χ4n) is 2.95. The highest BCUT2D eigenvalue weighted by Crippen LogP contribution is 2.39. The molecule has 2 saturated heterocycles. The second-order valence-electron chi connectivity index (χ2n) is 5.97.